The monoisotopic (exact) mass is 197 g/mol. The van der Waals surface area contributed by atoms with Crippen LogP contribution in [0.4, 0.5) is 0 Å². The third kappa shape index (κ3) is 3.32. The second-order valence-corrected chi connectivity index (χ2v) is 5.67. The molecule has 1 aliphatic rings. The Bertz CT molecular complexity index is 205. The summed E-state index contributed by atoms with van der Waals surface area (Å²) in [6.07, 6.45) is 4.31. The van der Waals surface area contributed by atoms with Crippen LogP contribution in [-0.2, 0) is 4.79 Å². The first-order chi connectivity index (χ1) is 6.40. The molecule has 1 aliphatic heterocycles. The summed E-state index contributed by atoms with van der Waals surface area (Å²) >= 11 is 0. The number of amides is 1. The van der Waals surface area contributed by atoms with Crippen molar-refractivity contribution in [3.8, 4) is 0 Å². The van der Waals surface area contributed by atoms with Crippen LogP contribution in [0.1, 0.15) is 53.4 Å². The molecule has 1 amide bonds. The zero-order valence-corrected chi connectivity index (χ0v) is 9.97. The minimum atomic E-state index is 0.119. The second kappa shape index (κ2) is 4.33. The van der Waals surface area contributed by atoms with E-state index in [2.05, 4.69) is 32.6 Å². The highest BCUT2D eigenvalue weighted by Crippen LogP contribution is 2.23. The summed E-state index contributed by atoms with van der Waals surface area (Å²) in [7, 11) is 0. The molecule has 0 radical (unpaired) electrons. The summed E-state index contributed by atoms with van der Waals surface area (Å²) in [5.41, 5.74) is 0.119. The van der Waals surface area contributed by atoms with Crippen molar-refractivity contribution in [3.05, 3.63) is 0 Å². The van der Waals surface area contributed by atoms with Gasteiger partial charge in [-0.05, 0) is 31.6 Å². The normalized spacial score (nSPS) is 23.7. The lowest BCUT2D eigenvalue weighted by Crippen LogP contribution is -2.43. The number of carbonyl (C=O) groups is 1. The molecular formula is C12H23NO. The van der Waals surface area contributed by atoms with Gasteiger partial charge in [0.25, 0.3) is 0 Å². The molecule has 1 heterocycles. The minimum Gasteiger partial charge on any atom is -0.340 e. The molecule has 14 heavy (non-hydrogen) atoms. The molecule has 2 heteroatoms. The van der Waals surface area contributed by atoms with Gasteiger partial charge in [0.05, 0.1) is 0 Å². The van der Waals surface area contributed by atoms with Gasteiger partial charge < -0.3 is 4.90 Å². The van der Waals surface area contributed by atoms with Gasteiger partial charge >= 0.3 is 0 Å². The minimum absolute atomic E-state index is 0.119. The molecule has 0 unspecified atom stereocenters. The quantitative estimate of drug-likeness (QED) is 0.633. The van der Waals surface area contributed by atoms with Gasteiger partial charge in [0, 0.05) is 19.0 Å². The Morgan fingerprint density at radius 3 is 2.50 bits per heavy atom. The molecule has 82 valence electrons. The average molecular weight is 197 g/mol. The molecule has 0 saturated carbocycles. The van der Waals surface area contributed by atoms with Crippen LogP contribution < -0.4 is 0 Å². The van der Waals surface area contributed by atoms with Crippen LogP contribution in [0.2, 0.25) is 0 Å². The van der Waals surface area contributed by atoms with Crippen LogP contribution in [0.3, 0.4) is 0 Å². The zero-order chi connectivity index (χ0) is 10.8. The highest BCUT2D eigenvalue weighted by molar-refractivity contribution is 5.77. The van der Waals surface area contributed by atoms with Crippen LogP contribution >= 0.6 is 0 Å². The van der Waals surface area contributed by atoms with Crippen LogP contribution in [0.25, 0.3) is 0 Å². The standard InChI is InChI=1S/C12H23NO/c1-10-7-5-6-8-13(10)11(14)9-12(2,3)4/h10H,5-9H2,1-4H3/t10-/m1/s1. The van der Waals surface area contributed by atoms with Gasteiger partial charge in [0.15, 0.2) is 0 Å². The van der Waals surface area contributed by atoms with E-state index in [0.717, 1.165) is 6.54 Å². The first kappa shape index (κ1) is 11.5. The van der Waals surface area contributed by atoms with Crippen molar-refractivity contribution in [2.45, 2.75) is 59.4 Å². The van der Waals surface area contributed by atoms with Crippen LogP contribution in [0.5, 0.6) is 0 Å². The lowest BCUT2D eigenvalue weighted by atomic mass is 9.90. The lowest BCUT2D eigenvalue weighted by Gasteiger charge is -2.35. The summed E-state index contributed by atoms with van der Waals surface area (Å²) in [4.78, 5) is 14.0. The van der Waals surface area contributed by atoms with Crippen molar-refractivity contribution >= 4 is 5.91 Å². The zero-order valence-electron chi connectivity index (χ0n) is 9.97. The van der Waals surface area contributed by atoms with E-state index in [-0.39, 0.29) is 5.41 Å². The SMILES string of the molecule is C[C@@H]1CCCCN1C(=O)CC(C)(C)C. The summed E-state index contributed by atoms with van der Waals surface area (Å²) in [6, 6.07) is 0.457. The Morgan fingerprint density at radius 1 is 1.36 bits per heavy atom. The number of hydrogen-bond donors (Lipinski definition) is 0. The van der Waals surface area contributed by atoms with E-state index >= 15 is 0 Å². The van der Waals surface area contributed by atoms with E-state index in [0.29, 0.717) is 18.4 Å². The highest BCUT2D eigenvalue weighted by atomic mass is 16.2. The van der Waals surface area contributed by atoms with Crippen LogP contribution in [-0.4, -0.2) is 23.4 Å². The molecule has 1 fully saturated rings. The lowest BCUT2D eigenvalue weighted by molar-refractivity contribution is -0.136. The van der Waals surface area contributed by atoms with Crippen molar-refractivity contribution < 1.29 is 4.79 Å². The van der Waals surface area contributed by atoms with E-state index < -0.39 is 0 Å². The molecule has 1 rings (SSSR count). The molecule has 0 aromatic carbocycles. The number of likely N-dealkylation sites (tertiary alicyclic amines) is 1. The van der Waals surface area contributed by atoms with Gasteiger partial charge in [-0.1, -0.05) is 20.8 Å². The van der Waals surface area contributed by atoms with Crippen molar-refractivity contribution in [1.82, 2.24) is 4.90 Å². The van der Waals surface area contributed by atoms with Crippen molar-refractivity contribution in [3.63, 3.8) is 0 Å². The molecule has 0 N–H and O–H groups in total. The molecule has 2 nitrogen and oxygen atoms in total. The number of carbonyl (C=O) groups excluding carboxylic acids is 1. The maximum Gasteiger partial charge on any atom is 0.223 e. The maximum absolute atomic E-state index is 12.0. The van der Waals surface area contributed by atoms with Crippen molar-refractivity contribution in [2.75, 3.05) is 6.54 Å². The van der Waals surface area contributed by atoms with Crippen LogP contribution in [0, 0.1) is 5.41 Å². The van der Waals surface area contributed by atoms with Crippen molar-refractivity contribution in [1.29, 1.82) is 0 Å². The summed E-state index contributed by atoms with van der Waals surface area (Å²) < 4.78 is 0. The van der Waals surface area contributed by atoms with E-state index in [9.17, 15) is 4.79 Å². The molecule has 1 atom stereocenters. The summed E-state index contributed by atoms with van der Waals surface area (Å²) in [5.74, 6) is 0.338. The molecule has 0 spiro atoms. The maximum atomic E-state index is 12.0. The van der Waals surface area contributed by atoms with Gasteiger partial charge in [-0.2, -0.15) is 0 Å². The largest absolute Gasteiger partial charge is 0.340 e. The summed E-state index contributed by atoms with van der Waals surface area (Å²) in [5, 5.41) is 0. The van der Waals surface area contributed by atoms with Gasteiger partial charge in [-0.25, -0.2) is 0 Å². The first-order valence-electron chi connectivity index (χ1n) is 5.69. The smallest absolute Gasteiger partial charge is 0.223 e. The summed E-state index contributed by atoms with van der Waals surface area (Å²) in [6.45, 7) is 9.51. The Kier molecular flexibility index (Phi) is 3.57. The second-order valence-electron chi connectivity index (χ2n) is 5.67. The van der Waals surface area contributed by atoms with Crippen molar-refractivity contribution in [2.24, 2.45) is 5.41 Å². The topological polar surface area (TPSA) is 20.3 Å². The third-order valence-corrected chi connectivity index (χ3v) is 2.80. The first-order valence-corrected chi connectivity index (χ1v) is 5.69. The predicted octanol–water partition coefficient (Wildman–Crippen LogP) is 2.82. The third-order valence-electron chi connectivity index (χ3n) is 2.80. The molecule has 0 aromatic rings. The average Bonchev–Trinajstić information content (AvgIpc) is 2.01. The Labute approximate surface area is 87.7 Å². The Hall–Kier alpha value is -0.530. The molecular weight excluding hydrogens is 174 g/mol. The molecule has 0 aliphatic carbocycles. The van der Waals surface area contributed by atoms with E-state index in [1.807, 2.05) is 0 Å². The Balaban J connectivity index is 2.50. The molecule has 1 saturated heterocycles. The highest BCUT2D eigenvalue weighted by Gasteiger charge is 2.26. The molecule has 0 bridgehead atoms. The molecule has 0 aromatic heterocycles. The fraction of sp³-hybridized carbons (Fsp3) is 0.917. The number of hydrogen-bond acceptors (Lipinski definition) is 1. The van der Waals surface area contributed by atoms with E-state index in [4.69, 9.17) is 0 Å². The van der Waals surface area contributed by atoms with E-state index in [1.54, 1.807) is 0 Å². The van der Waals surface area contributed by atoms with Gasteiger partial charge in [0.2, 0.25) is 5.91 Å². The number of nitrogens with zero attached hydrogens (tertiary/aromatic N) is 1. The van der Waals surface area contributed by atoms with Gasteiger partial charge in [-0.15, -0.1) is 0 Å². The van der Waals surface area contributed by atoms with Gasteiger partial charge in [0.1, 0.15) is 0 Å². The fourth-order valence-electron chi connectivity index (χ4n) is 2.02. The van der Waals surface area contributed by atoms with E-state index in [1.165, 1.54) is 19.3 Å². The van der Waals surface area contributed by atoms with Gasteiger partial charge in [-0.3, -0.25) is 4.79 Å². The number of rotatable bonds is 1. The fourth-order valence-corrected chi connectivity index (χ4v) is 2.02. The van der Waals surface area contributed by atoms with Crippen LogP contribution in [0.15, 0.2) is 0 Å². The Morgan fingerprint density at radius 2 is 2.00 bits per heavy atom. The number of piperidine rings is 1. The predicted molar refractivity (Wildman–Crippen MR) is 59.1 cm³/mol.